The van der Waals surface area contributed by atoms with E-state index < -0.39 is 0 Å². The maximum absolute atomic E-state index is 14.0. The van der Waals surface area contributed by atoms with Gasteiger partial charge in [0.25, 0.3) is 0 Å². The third kappa shape index (κ3) is 2.66. The fraction of sp³-hybridized carbons (Fsp3) is 0.600. The molecule has 0 amide bonds. The molecule has 1 fully saturated rings. The van der Waals surface area contributed by atoms with Gasteiger partial charge in [0.1, 0.15) is 11.6 Å². The van der Waals surface area contributed by atoms with E-state index in [1.807, 2.05) is 0 Å². The van der Waals surface area contributed by atoms with Gasteiger partial charge in [0.2, 0.25) is 0 Å². The van der Waals surface area contributed by atoms with Gasteiger partial charge in [-0.25, -0.2) is 4.39 Å². The Hall–Kier alpha value is -1.09. The second-order valence-electron chi connectivity index (χ2n) is 5.40. The molecule has 1 atom stereocenters. The Morgan fingerprint density at radius 1 is 1.28 bits per heavy atom. The van der Waals surface area contributed by atoms with Gasteiger partial charge in [0.05, 0.1) is 7.11 Å². The van der Waals surface area contributed by atoms with Gasteiger partial charge in [0.15, 0.2) is 0 Å². The monoisotopic (exact) mass is 251 g/mol. The number of ether oxygens (including phenoxy) is 1. The van der Waals surface area contributed by atoms with Crippen molar-refractivity contribution in [3.63, 3.8) is 0 Å². The van der Waals surface area contributed by atoms with Crippen LogP contribution in [0.4, 0.5) is 4.39 Å². The molecule has 100 valence electrons. The summed E-state index contributed by atoms with van der Waals surface area (Å²) in [5.74, 6) is 1.46. The first-order valence-electron chi connectivity index (χ1n) is 6.71. The summed E-state index contributed by atoms with van der Waals surface area (Å²) in [6, 6.07) is 4.65. The summed E-state index contributed by atoms with van der Waals surface area (Å²) >= 11 is 0. The maximum Gasteiger partial charge on any atom is 0.131 e. The van der Waals surface area contributed by atoms with Crippen LogP contribution in [0, 0.1) is 17.7 Å². The van der Waals surface area contributed by atoms with Crippen LogP contribution in [0.1, 0.15) is 44.2 Å². The Morgan fingerprint density at radius 2 is 1.94 bits per heavy atom. The summed E-state index contributed by atoms with van der Waals surface area (Å²) in [5, 5.41) is 0. The molecule has 1 saturated carbocycles. The van der Waals surface area contributed by atoms with Gasteiger partial charge in [0, 0.05) is 11.6 Å². The number of hydrogen-bond donors (Lipinski definition) is 1. The highest BCUT2D eigenvalue weighted by Crippen LogP contribution is 2.39. The summed E-state index contributed by atoms with van der Waals surface area (Å²) in [6.07, 6.45) is 4.55. The molecule has 3 heteroatoms. The first-order valence-corrected chi connectivity index (χ1v) is 6.71. The van der Waals surface area contributed by atoms with Crippen molar-refractivity contribution in [3.05, 3.63) is 29.6 Å². The predicted octanol–water partition coefficient (Wildman–Crippen LogP) is 3.66. The molecule has 0 spiro atoms. The Morgan fingerprint density at radius 3 is 2.56 bits per heavy atom. The Bertz CT molecular complexity index is 399. The van der Waals surface area contributed by atoms with Gasteiger partial charge >= 0.3 is 0 Å². The minimum Gasteiger partial charge on any atom is -0.496 e. The molecule has 0 radical (unpaired) electrons. The Kier molecular flexibility index (Phi) is 4.23. The van der Waals surface area contributed by atoms with E-state index in [1.165, 1.54) is 18.9 Å². The zero-order valence-corrected chi connectivity index (χ0v) is 11.2. The van der Waals surface area contributed by atoms with Crippen molar-refractivity contribution in [3.8, 4) is 5.75 Å². The van der Waals surface area contributed by atoms with E-state index in [4.69, 9.17) is 10.5 Å². The summed E-state index contributed by atoms with van der Waals surface area (Å²) in [4.78, 5) is 0. The fourth-order valence-electron chi connectivity index (χ4n) is 2.90. The third-order valence-electron chi connectivity index (χ3n) is 4.13. The van der Waals surface area contributed by atoms with E-state index in [-0.39, 0.29) is 11.9 Å². The molecule has 1 aromatic carbocycles. The molecule has 0 bridgehead atoms. The van der Waals surface area contributed by atoms with Crippen LogP contribution in [-0.2, 0) is 0 Å². The van der Waals surface area contributed by atoms with Crippen LogP contribution < -0.4 is 10.5 Å². The van der Waals surface area contributed by atoms with E-state index in [2.05, 4.69) is 6.92 Å². The second kappa shape index (κ2) is 5.70. The topological polar surface area (TPSA) is 35.2 Å². The normalized spacial score (nSPS) is 25.8. The van der Waals surface area contributed by atoms with Gasteiger partial charge in [-0.05, 0) is 36.8 Å². The van der Waals surface area contributed by atoms with Crippen molar-refractivity contribution in [2.45, 2.75) is 38.6 Å². The van der Waals surface area contributed by atoms with Crippen molar-refractivity contribution in [1.29, 1.82) is 0 Å². The van der Waals surface area contributed by atoms with Crippen molar-refractivity contribution in [2.75, 3.05) is 7.11 Å². The standard InChI is InChI=1S/C15H22FNO/c1-10-6-8-11(9-7-10)15(17)14-12(16)4-3-5-13(14)18-2/h3-5,10-11,15H,6-9,17H2,1-2H3. The molecule has 1 unspecified atom stereocenters. The van der Waals surface area contributed by atoms with Crippen LogP contribution in [0.15, 0.2) is 18.2 Å². The lowest BCUT2D eigenvalue weighted by molar-refractivity contribution is 0.249. The average molecular weight is 251 g/mol. The first kappa shape index (κ1) is 13.3. The number of benzene rings is 1. The molecule has 0 saturated heterocycles. The molecular formula is C15H22FNO. The number of methoxy groups -OCH3 is 1. The van der Waals surface area contributed by atoms with Crippen molar-refractivity contribution >= 4 is 0 Å². The molecule has 1 aliphatic rings. The zero-order chi connectivity index (χ0) is 13.1. The summed E-state index contributed by atoms with van der Waals surface area (Å²) in [5.41, 5.74) is 6.81. The fourth-order valence-corrected chi connectivity index (χ4v) is 2.90. The minimum absolute atomic E-state index is 0.250. The van der Waals surface area contributed by atoms with Crippen LogP contribution in [-0.4, -0.2) is 7.11 Å². The molecule has 1 aliphatic carbocycles. The third-order valence-corrected chi connectivity index (χ3v) is 4.13. The van der Waals surface area contributed by atoms with Gasteiger partial charge in [-0.1, -0.05) is 25.8 Å². The molecular weight excluding hydrogens is 229 g/mol. The number of rotatable bonds is 3. The zero-order valence-electron chi connectivity index (χ0n) is 11.2. The molecule has 2 nitrogen and oxygen atoms in total. The lowest BCUT2D eigenvalue weighted by Gasteiger charge is -2.31. The summed E-state index contributed by atoms with van der Waals surface area (Å²) in [7, 11) is 1.56. The molecule has 0 aliphatic heterocycles. The minimum atomic E-state index is -0.256. The molecule has 2 rings (SSSR count). The van der Waals surface area contributed by atoms with E-state index in [1.54, 1.807) is 19.2 Å². The van der Waals surface area contributed by atoms with Gasteiger partial charge in [-0.2, -0.15) is 0 Å². The first-order chi connectivity index (χ1) is 8.63. The lowest BCUT2D eigenvalue weighted by atomic mass is 9.77. The highest BCUT2D eigenvalue weighted by atomic mass is 19.1. The van der Waals surface area contributed by atoms with E-state index >= 15 is 0 Å². The highest BCUT2D eigenvalue weighted by Gasteiger charge is 2.28. The van der Waals surface area contributed by atoms with Gasteiger partial charge < -0.3 is 10.5 Å². The predicted molar refractivity (Wildman–Crippen MR) is 71.0 cm³/mol. The molecule has 1 aromatic rings. The average Bonchev–Trinajstić information content (AvgIpc) is 2.38. The number of hydrogen-bond acceptors (Lipinski definition) is 2. The Labute approximate surface area is 108 Å². The summed E-state index contributed by atoms with van der Waals surface area (Å²) < 4.78 is 19.2. The second-order valence-corrected chi connectivity index (χ2v) is 5.40. The van der Waals surface area contributed by atoms with E-state index in [9.17, 15) is 4.39 Å². The number of nitrogens with two attached hydrogens (primary N) is 1. The SMILES string of the molecule is COc1cccc(F)c1C(N)C1CCC(C)CC1. The van der Waals surface area contributed by atoms with Crippen LogP contribution in [0.5, 0.6) is 5.75 Å². The molecule has 0 heterocycles. The van der Waals surface area contributed by atoms with Crippen molar-refractivity contribution in [1.82, 2.24) is 0 Å². The molecule has 2 N–H and O–H groups in total. The van der Waals surface area contributed by atoms with E-state index in [0.29, 0.717) is 17.2 Å². The largest absolute Gasteiger partial charge is 0.496 e. The molecule has 0 aromatic heterocycles. The lowest BCUT2D eigenvalue weighted by Crippen LogP contribution is -2.26. The Balaban J connectivity index is 2.20. The van der Waals surface area contributed by atoms with E-state index in [0.717, 1.165) is 18.8 Å². The van der Waals surface area contributed by atoms with Gasteiger partial charge in [-0.3, -0.25) is 0 Å². The quantitative estimate of drug-likeness (QED) is 0.889. The van der Waals surface area contributed by atoms with Crippen LogP contribution in [0.2, 0.25) is 0 Å². The summed E-state index contributed by atoms with van der Waals surface area (Å²) in [6.45, 7) is 2.27. The smallest absolute Gasteiger partial charge is 0.131 e. The molecule has 18 heavy (non-hydrogen) atoms. The number of halogens is 1. The van der Waals surface area contributed by atoms with Crippen molar-refractivity contribution < 1.29 is 9.13 Å². The van der Waals surface area contributed by atoms with Crippen LogP contribution in [0.25, 0.3) is 0 Å². The highest BCUT2D eigenvalue weighted by molar-refractivity contribution is 5.37. The van der Waals surface area contributed by atoms with Crippen molar-refractivity contribution in [2.24, 2.45) is 17.6 Å². The van der Waals surface area contributed by atoms with Crippen LogP contribution >= 0.6 is 0 Å². The maximum atomic E-state index is 14.0. The van der Waals surface area contributed by atoms with Crippen LogP contribution in [0.3, 0.4) is 0 Å². The van der Waals surface area contributed by atoms with Gasteiger partial charge in [-0.15, -0.1) is 0 Å².